The molecule has 3 rings (SSSR count). The van der Waals surface area contributed by atoms with Crippen molar-refractivity contribution in [2.75, 3.05) is 0 Å². The van der Waals surface area contributed by atoms with Crippen molar-refractivity contribution in [1.82, 2.24) is 9.97 Å². The van der Waals surface area contributed by atoms with Crippen LogP contribution in [0.1, 0.15) is 40.0 Å². The van der Waals surface area contributed by atoms with E-state index in [0.717, 1.165) is 34.9 Å². The number of aryl methyl sites for hydroxylation is 1. The maximum absolute atomic E-state index is 12.8. The van der Waals surface area contributed by atoms with Crippen LogP contribution in [0.15, 0.2) is 22.1 Å². The van der Waals surface area contributed by atoms with E-state index in [4.69, 9.17) is 0 Å². The summed E-state index contributed by atoms with van der Waals surface area (Å²) in [5, 5.41) is 3.02. The van der Waals surface area contributed by atoms with E-state index in [2.05, 4.69) is 9.97 Å². The van der Waals surface area contributed by atoms with Gasteiger partial charge >= 0.3 is 6.18 Å². The van der Waals surface area contributed by atoms with Crippen molar-refractivity contribution in [3.63, 3.8) is 0 Å². The van der Waals surface area contributed by atoms with Gasteiger partial charge in [-0.3, -0.25) is 4.79 Å². The number of carbonyl (C=O) groups excluding carboxylic acids is 1. The number of thioether (sulfide) groups is 1. The topological polar surface area (TPSA) is 42.9 Å². The highest BCUT2D eigenvalue weighted by molar-refractivity contribution is 7.98. The Morgan fingerprint density at radius 3 is 2.86 bits per heavy atom. The number of Topliss-reactive ketones (excluding diaryl/α,β-unsaturated/α-hetero) is 1. The molecule has 8 heteroatoms. The molecule has 22 heavy (non-hydrogen) atoms. The van der Waals surface area contributed by atoms with Gasteiger partial charge in [0.2, 0.25) is 0 Å². The smallest absolute Gasteiger partial charge is 0.294 e. The molecule has 1 aliphatic rings. The second kappa shape index (κ2) is 6.00. The van der Waals surface area contributed by atoms with Gasteiger partial charge in [0.1, 0.15) is 0 Å². The Labute approximate surface area is 133 Å². The number of halogens is 3. The molecule has 0 aliphatic heterocycles. The molecule has 0 saturated carbocycles. The van der Waals surface area contributed by atoms with Gasteiger partial charge in [-0.05, 0) is 23.8 Å². The van der Waals surface area contributed by atoms with E-state index in [1.54, 1.807) is 0 Å². The largest absolute Gasteiger partial charge is 0.417 e. The summed E-state index contributed by atoms with van der Waals surface area (Å²) in [6, 6.07) is 0. The molecular formula is C14H11F3N2OS2. The molecular weight excluding hydrogens is 333 g/mol. The maximum atomic E-state index is 12.8. The fourth-order valence-electron chi connectivity index (χ4n) is 2.27. The van der Waals surface area contributed by atoms with E-state index in [0.29, 0.717) is 29.3 Å². The van der Waals surface area contributed by atoms with Crippen LogP contribution in [0.5, 0.6) is 0 Å². The number of ketones is 1. The lowest BCUT2D eigenvalue weighted by Crippen LogP contribution is -2.13. The highest BCUT2D eigenvalue weighted by atomic mass is 32.2. The Bertz CT molecular complexity index is 712. The molecule has 116 valence electrons. The minimum Gasteiger partial charge on any atom is -0.294 e. The number of hydrogen-bond acceptors (Lipinski definition) is 5. The number of alkyl halides is 3. The van der Waals surface area contributed by atoms with Gasteiger partial charge in [0.05, 0.1) is 16.8 Å². The van der Waals surface area contributed by atoms with E-state index in [-0.39, 0.29) is 17.1 Å². The van der Waals surface area contributed by atoms with Crippen molar-refractivity contribution in [3.05, 3.63) is 39.3 Å². The van der Waals surface area contributed by atoms with Crippen LogP contribution < -0.4 is 0 Å². The maximum Gasteiger partial charge on any atom is 0.417 e. The SMILES string of the molecule is O=C1CCCc2nc(SCc3cscc3C(F)(F)F)ncc21. The summed E-state index contributed by atoms with van der Waals surface area (Å²) in [5.41, 5.74) is 0.885. The molecule has 2 aromatic rings. The number of nitrogens with zero attached hydrogens (tertiary/aromatic N) is 2. The van der Waals surface area contributed by atoms with E-state index < -0.39 is 11.7 Å². The molecule has 0 N–H and O–H groups in total. The molecule has 2 aromatic heterocycles. The second-order valence-electron chi connectivity index (χ2n) is 4.89. The van der Waals surface area contributed by atoms with Crippen LogP contribution in [-0.4, -0.2) is 15.8 Å². The molecule has 0 fully saturated rings. The van der Waals surface area contributed by atoms with E-state index in [1.165, 1.54) is 11.6 Å². The average molecular weight is 344 g/mol. The van der Waals surface area contributed by atoms with Crippen molar-refractivity contribution in [2.24, 2.45) is 0 Å². The molecule has 0 radical (unpaired) electrons. The predicted octanol–water partition coefficient (Wildman–Crippen LogP) is 4.37. The highest BCUT2D eigenvalue weighted by Crippen LogP contribution is 2.36. The van der Waals surface area contributed by atoms with Crippen LogP contribution >= 0.6 is 23.1 Å². The van der Waals surface area contributed by atoms with Crippen LogP contribution in [0, 0.1) is 0 Å². The zero-order chi connectivity index (χ0) is 15.7. The monoisotopic (exact) mass is 344 g/mol. The third-order valence-corrected chi connectivity index (χ3v) is 5.07. The average Bonchev–Trinajstić information content (AvgIpc) is 2.94. The van der Waals surface area contributed by atoms with Crippen LogP contribution in [0.4, 0.5) is 13.2 Å². The summed E-state index contributed by atoms with van der Waals surface area (Å²) >= 11 is 2.19. The van der Waals surface area contributed by atoms with Crippen molar-refractivity contribution >= 4 is 28.9 Å². The van der Waals surface area contributed by atoms with Gasteiger partial charge in [-0.1, -0.05) is 11.8 Å². The molecule has 0 atom stereocenters. The van der Waals surface area contributed by atoms with Crippen molar-refractivity contribution in [1.29, 1.82) is 0 Å². The Balaban J connectivity index is 1.75. The fraction of sp³-hybridized carbons (Fsp3) is 0.357. The number of aromatic nitrogens is 2. The number of carbonyl (C=O) groups is 1. The molecule has 0 spiro atoms. The fourth-order valence-corrected chi connectivity index (χ4v) is 4.06. The van der Waals surface area contributed by atoms with Crippen LogP contribution in [0.2, 0.25) is 0 Å². The molecule has 1 aliphatic carbocycles. The zero-order valence-electron chi connectivity index (χ0n) is 11.3. The van der Waals surface area contributed by atoms with Crippen molar-refractivity contribution < 1.29 is 18.0 Å². The Morgan fingerprint density at radius 1 is 1.27 bits per heavy atom. The van der Waals surface area contributed by atoms with Gasteiger partial charge in [-0.2, -0.15) is 24.5 Å². The summed E-state index contributed by atoms with van der Waals surface area (Å²) in [6.07, 6.45) is -0.866. The number of hydrogen-bond donors (Lipinski definition) is 0. The van der Waals surface area contributed by atoms with E-state index in [1.807, 2.05) is 0 Å². The van der Waals surface area contributed by atoms with E-state index >= 15 is 0 Å². The summed E-state index contributed by atoms with van der Waals surface area (Å²) in [5.74, 6) is 0.195. The number of thiophene rings is 1. The van der Waals surface area contributed by atoms with Crippen LogP contribution in [0.25, 0.3) is 0 Å². The molecule has 3 nitrogen and oxygen atoms in total. The van der Waals surface area contributed by atoms with Gasteiger partial charge in [0.25, 0.3) is 0 Å². The Kier molecular flexibility index (Phi) is 4.22. The molecule has 0 unspecified atom stereocenters. The Hall–Kier alpha value is -1.41. The quantitative estimate of drug-likeness (QED) is 0.613. The standard InChI is InChI=1S/C14H11F3N2OS2/c15-14(16,17)10-7-21-5-8(10)6-22-13-18-4-9-11(19-13)2-1-3-12(9)20/h4-5,7H,1-3,6H2. The van der Waals surface area contributed by atoms with Crippen molar-refractivity contribution in [2.45, 2.75) is 36.3 Å². The lowest BCUT2D eigenvalue weighted by Gasteiger charge is -2.13. The lowest BCUT2D eigenvalue weighted by atomic mass is 9.96. The van der Waals surface area contributed by atoms with Gasteiger partial charge in [0.15, 0.2) is 10.9 Å². The first kappa shape index (κ1) is 15.5. The highest BCUT2D eigenvalue weighted by Gasteiger charge is 2.33. The number of fused-ring (bicyclic) bond motifs is 1. The minimum atomic E-state index is -4.33. The van der Waals surface area contributed by atoms with Gasteiger partial charge in [0, 0.05) is 23.8 Å². The summed E-state index contributed by atoms with van der Waals surface area (Å²) < 4.78 is 38.4. The third-order valence-electron chi connectivity index (χ3n) is 3.37. The van der Waals surface area contributed by atoms with Gasteiger partial charge in [-0.25, -0.2) is 9.97 Å². The van der Waals surface area contributed by atoms with Crippen LogP contribution in [-0.2, 0) is 18.3 Å². The first-order chi connectivity index (χ1) is 10.4. The van der Waals surface area contributed by atoms with Crippen molar-refractivity contribution in [3.8, 4) is 0 Å². The van der Waals surface area contributed by atoms with Crippen LogP contribution in [0.3, 0.4) is 0 Å². The van der Waals surface area contributed by atoms with Gasteiger partial charge < -0.3 is 0 Å². The predicted molar refractivity (Wildman–Crippen MR) is 78.2 cm³/mol. The normalized spacial score (nSPS) is 15.0. The lowest BCUT2D eigenvalue weighted by molar-refractivity contribution is -0.137. The molecule has 0 saturated heterocycles. The Morgan fingerprint density at radius 2 is 2.09 bits per heavy atom. The summed E-state index contributed by atoms with van der Waals surface area (Å²) in [6.45, 7) is 0. The van der Waals surface area contributed by atoms with Gasteiger partial charge in [-0.15, -0.1) is 0 Å². The first-order valence-corrected chi connectivity index (χ1v) is 8.52. The molecule has 2 heterocycles. The zero-order valence-corrected chi connectivity index (χ0v) is 12.9. The first-order valence-electron chi connectivity index (χ1n) is 6.59. The third kappa shape index (κ3) is 3.17. The second-order valence-corrected chi connectivity index (χ2v) is 6.57. The van der Waals surface area contributed by atoms with E-state index in [9.17, 15) is 18.0 Å². The minimum absolute atomic E-state index is 0.0370. The summed E-state index contributed by atoms with van der Waals surface area (Å²) in [7, 11) is 0. The number of rotatable bonds is 3. The molecule has 0 aromatic carbocycles. The molecule has 0 bridgehead atoms. The molecule has 0 amide bonds. The summed E-state index contributed by atoms with van der Waals surface area (Å²) in [4.78, 5) is 20.1.